The van der Waals surface area contributed by atoms with Gasteiger partial charge in [-0.25, -0.2) is 4.79 Å². The van der Waals surface area contributed by atoms with Crippen molar-refractivity contribution < 1.29 is 22.7 Å². The average Bonchev–Trinajstić information content (AvgIpc) is 2.62. The molecule has 0 aliphatic heterocycles. The van der Waals surface area contributed by atoms with E-state index in [0.29, 0.717) is 5.69 Å². The van der Waals surface area contributed by atoms with Crippen molar-refractivity contribution in [2.24, 2.45) is 0 Å². The van der Waals surface area contributed by atoms with Gasteiger partial charge in [0.25, 0.3) is 5.56 Å². The van der Waals surface area contributed by atoms with Crippen molar-refractivity contribution in [2.45, 2.75) is 6.18 Å². The molecule has 1 aromatic heterocycles. The number of anilines is 1. The monoisotopic (exact) mass is 488 g/mol. The zero-order valence-electron chi connectivity index (χ0n) is 13.8. The highest BCUT2D eigenvalue weighted by Crippen LogP contribution is 2.34. The fourth-order valence-electron chi connectivity index (χ4n) is 2.74. The number of aromatic nitrogens is 1. The van der Waals surface area contributed by atoms with Gasteiger partial charge in [0.2, 0.25) is 0 Å². The van der Waals surface area contributed by atoms with E-state index in [0.717, 1.165) is 33.4 Å². The number of carbonyl (C=O) groups excluding carboxylic acids is 1. The number of nitrogens with two attached hydrogens (primary N) is 1. The van der Waals surface area contributed by atoms with Crippen molar-refractivity contribution in [3.63, 3.8) is 0 Å². The Bertz CT molecular complexity index is 1110. The van der Waals surface area contributed by atoms with Crippen molar-refractivity contribution in [3.05, 3.63) is 67.5 Å². The molecule has 1 heterocycles. The summed E-state index contributed by atoms with van der Waals surface area (Å²) in [6.07, 6.45) is -4.60. The Morgan fingerprint density at radius 2 is 1.78 bits per heavy atom. The summed E-state index contributed by atoms with van der Waals surface area (Å²) in [5.74, 6) is -0.960. The number of pyridine rings is 1. The molecular weight excluding hydrogens is 476 g/mol. The minimum Gasteiger partial charge on any atom is -0.465 e. The molecule has 3 rings (SSSR count). The third kappa shape index (κ3) is 3.38. The SMILES string of the molecule is COC(=O)c1c(N)c2ccc(C(F)(F)F)cc2n(-c2ccc(I)cc2)c1=O. The minimum absolute atomic E-state index is 0.0545. The molecule has 3 aromatic rings. The molecule has 0 radical (unpaired) electrons. The first-order valence-electron chi connectivity index (χ1n) is 7.55. The van der Waals surface area contributed by atoms with Crippen LogP contribution in [0.15, 0.2) is 47.3 Å². The van der Waals surface area contributed by atoms with E-state index in [2.05, 4.69) is 27.3 Å². The first-order valence-corrected chi connectivity index (χ1v) is 8.62. The highest BCUT2D eigenvalue weighted by Gasteiger charge is 2.32. The second-order valence-corrected chi connectivity index (χ2v) is 6.87. The van der Waals surface area contributed by atoms with Crippen LogP contribution in [0, 0.1) is 3.57 Å². The number of ether oxygens (including phenoxy) is 1. The lowest BCUT2D eigenvalue weighted by Gasteiger charge is -2.17. The molecule has 9 heteroatoms. The van der Waals surface area contributed by atoms with Crippen LogP contribution in [0.1, 0.15) is 15.9 Å². The first-order chi connectivity index (χ1) is 12.6. The van der Waals surface area contributed by atoms with Gasteiger partial charge in [0.15, 0.2) is 0 Å². The van der Waals surface area contributed by atoms with Crippen LogP contribution in [0.3, 0.4) is 0 Å². The summed E-state index contributed by atoms with van der Waals surface area (Å²) >= 11 is 2.06. The zero-order valence-corrected chi connectivity index (χ0v) is 16.0. The van der Waals surface area contributed by atoms with Crippen LogP contribution >= 0.6 is 22.6 Å². The van der Waals surface area contributed by atoms with E-state index in [1.165, 1.54) is 0 Å². The van der Waals surface area contributed by atoms with Gasteiger partial charge in [-0.3, -0.25) is 9.36 Å². The molecule has 5 nitrogen and oxygen atoms in total. The molecule has 0 amide bonds. The van der Waals surface area contributed by atoms with Gasteiger partial charge in [0.05, 0.1) is 23.9 Å². The zero-order chi connectivity index (χ0) is 19.9. The lowest BCUT2D eigenvalue weighted by molar-refractivity contribution is -0.137. The smallest absolute Gasteiger partial charge is 0.416 e. The number of fused-ring (bicyclic) bond motifs is 1. The Kier molecular flexibility index (Phi) is 4.89. The molecule has 27 heavy (non-hydrogen) atoms. The van der Waals surface area contributed by atoms with Crippen LogP contribution in [-0.4, -0.2) is 17.6 Å². The van der Waals surface area contributed by atoms with Crippen molar-refractivity contribution in [2.75, 3.05) is 12.8 Å². The Balaban J connectivity index is 2.50. The number of nitrogen functional groups attached to an aromatic ring is 1. The van der Waals surface area contributed by atoms with Gasteiger partial charge < -0.3 is 10.5 Å². The van der Waals surface area contributed by atoms with Crippen LogP contribution < -0.4 is 11.3 Å². The minimum atomic E-state index is -4.60. The number of rotatable bonds is 2. The Morgan fingerprint density at radius 1 is 1.15 bits per heavy atom. The Hall–Kier alpha value is -2.56. The third-order valence-electron chi connectivity index (χ3n) is 4.02. The normalized spacial score (nSPS) is 11.6. The molecule has 0 aliphatic rings. The maximum Gasteiger partial charge on any atom is 0.416 e. The molecule has 0 atom stereocenters. The summed E-state index contributed by atoms with van der Waals surface area (Å²) < 4.78 is 46.0. The fraction of sp³-hybridized carbons (Fsp3) is 0.111. The van der Waals surface area contributed by atoms with Crippen LogP contribution in [0.4, 0.5) is 18.9 Å². The van der Waals surface area contributed by atoms with Crippen LogP contribution in [0.2, 0.25) is 0 Å². The molecule has 2 N–H and O–H groups in total. The van der Waals surface area contributed by atoms with E-state index in [-0.39, 0.29) is 16.6 Å². The number of nitrogens with zero attached hydrogens (tertiary/aromatic N) is 1. The molecule has 0 spiro atoms. The molecule has 2 aromatic carbocycles. The van der Waals surface area contributed by atoms with Gasteiger partial charge in [0, 0.05) is 14.6 Å². The number of halogens is 4. The lowest BCUT2D eigenvalue weighted by atomic mass is 10.1. The maximum absolute atomic E-state index is 13.2. The highest BCUT2D eigenvalue weighted by molar-refractivity contribution is 14.1. The number of carbonyl (C=O) groups is 1. The van der Waals surface area contributed by atoms with Crippen molar-refractivity contribution in [1.82, 2.24) is 4.57 Å². The fourth-order valence-corrected chi connectivity index (χ4v) is 3.10. The molecule has 140 valence electrons. The summed E-state index contributed by atoms with van der Waals surface area (Å²) in [6, 6.07) is 9.35. The van der Waals surface area contributed by atoms with E-state index in [1.54, 1.807) is 24.3 Å². The number of alkyl halides is 3. The Labute approximate surface area is 164 Å². The van der Waals surface area contributed by atoms with Crippen LogP contribution in [0.25, 0.3) is 16.6 Å². The van der Waals surface area contributed by atoms with Gasteiger partial charge >= 0.3 is 12.1 Å². The van der Waals surface area contributed by atoms with E-state index in [4.69, 9.17) is 5.73 Å². The van der Waals surface area contributed by atoms with Crippen molar-refractivity contribution in [1.29, 1.82) is 0 Å². The summed E-state index contributed by atoms with van der Waals surface area (Å²) in [6.45, 7) is 0. The maximum atomic E-state index is 13.2. The predicted molar refractivity (Wildman–Crippen MR) is 103 cm³/mol. The standard InChI is InChI=1S/C18H12F3IN2O3/c1-27-17(26)14-15(23)12-7-2-9(18(19,20)21)8-13(12)24(16(14)25)11-5-3-10(22)4-6-11/h2-8H,23H2,1H3. The molecule has 0 fully saturated rings. The quantitative estimate of drug-likeness (QED) is 0.438. The van der Waals surface area contributed by atoms with Gasteiger partial charge in [-0.15, -0.1) is 0 Å². The number of hydrogen-bond acceptors (Lipinski definition) is 4. The molecule has 0 saturated heterocycles. The summed E-state index contributed by atoms with van der Waals surface area (Å²) in [4.78, 5) is 25.0. The Morgan fingerprint density at radius 3 is 2.33 bits per heavy atom. The van der Waals surface area contributed by atoms with E-state index >= 15 is 0 Å². The van der Waals surface area contributed by atoms with E-state index in [9.17, 15) is 22.8 Å². The number of hydrogen-bond donors (Lipinski definition) is 1. The molecular formula is C18H12F3IN2O3. The topological polar surface area (TPSA) is 74.3 Å². The van der Waals surface area contributed by atoms with Crippen LogP contribution in [-0.2, 0) is 10.9 Å². The van der Waals surface area contributed by atoms with Gasteiger partial charge in [-0.2, -0.15) is 13.2 Å². The van der Waals surface area contributed by atoms with Crippen LogP contribution in [0.5, 0.6) is 0 Å². The lowest BCUT2D eigenvalue weighted by Crippen LogP contribution is -2.28. The van der Waals surface area contributed by atoms with E-state index < -0.39 is 28.8 Å². The molecule has 0 saturated carbocycles. The summed E-state index contributed by atoms with van der Waals surface area (Å²) in [5.41, 5.74) is 3.74. The second-order valence-electron chi connectivity index (χ2n) is 5.63. The largest absolute Gasteiger partial charge is 0.465 e. The van der Waals surface area contributed by atoms with Crippen molar-refractivity contribution >= 4 is 45.2 Å². The predicted octanol–water partition coefficient (Wildman–Crippen LogP) is 3.98. The highest BCUT2D eigenvalue weighted by atomic mass is 127. The van der Waals surface area contributed by atoms with Gasteiger partial charge in [0.1, 0.15) is 5.56 Å². The molecule has 0 unspecified atom stereocenters. The molecule has 0 bridgehead atoms. The van der Waals surface area contributed by atoms with Gasteiger partial charge in [-0.1, -0.05) is 6.07 Å². The van der Waals surface area contributed by atoms with Crippen molar-refractivity contribution in [3.8, 4) is 5.69 Å². The number of benzene rings is 2. The number of esters is 1. The summed E-state index contributed by atoms with van der Waals surface area (Å²) in [5, 5.41) is 0.140. The number of methoxy groups -OCH3 is 1. The van der Waals surface area contributed by atoms with E-state index in [1.807, 2.05) is 0 Å². The first kappa shape index (κ1) is 19.2. The molecule has 0 aliphatic carbocycles. The third-order valence-corrected chi connectivity index (χ3v) is 4.74. The van der Waals surface area contributed by atoms with Gasteiger partial charge in [-0.05, 0) is 59.0 Å². The average molecular weight is 488 g/mol. The second kappa shape index (κ2) is 6.87. The summed E-state index contributed by atoms with van der Waals surface area (Å²) in [7, 11) is 1.09.